The van der Waals surface area contributed by atoms with E-state index in [-0.39, 0.29) is 11.8 Å². The molecule has 5 nitrogen and oxygen atoms in total. The summed E-state index contributed by atoms with van der Waals surface area (Å²) in [6, 6.07) is 15.4. The Labute approximate surface area is 149 Å². The topological polar surface area (TPSA) is 62.6 Å². The second-order valence-electron chi connectivity index (χ2n) is 6.19. The van der Waals surface area contributed by atoms with E-state index in [0.717, 1.165) is 29.1 Å². The molecule has 25 heavy (non-hydrogen) atoms. The van der Waals surface area contributed by atoms with Gasteiger partial charge in [0.15, 0.2) is 6.54 Å². The number of hydrogen-bond acceptors (Lipinski definition) is 2. The van der Waals surface area contributed by atoms with Gasteiger partial charge in [-0.1, -0.05) is 31.2 Å². The molecule has 2 amide bonds. The van der Waals surface area contributed by atoms with Crippen LogP contribution in [0.15, 0.2) is 48.5 Å². The normalized spacial score (nSPS) is 11.6. The number of amides is 2. The van der Waals surface area contributed by atoms with Crippen molar-refractivity contribution in [2.75, 3.05) is 26.0 Å². The van der Waals surface area contributed by atoms with Gasteiger partial charge in [0.1, 0.15) is 6.54 Å². The molecule has 2 rings (SSSR count). The lowest BCUT2D eigenvalue weighted by Gasteiger charge is -2.14. The highest BCUT2D eigenvalue weighted by Gasteiger charge is 2.11. The van der Waals surface area contributed by atoms with Crippen LogP contribution < -0.4 is 15.5 Å². The summed E-state index contributed by atoms with van der Waals surface area (Å²) in [6.45, 7) is 3.20. The van der Waals surface area contributed by atoms with Crippen LogP contribution in [0.1, 0.15) is 28.4 Å². The summed E-state index contributed by atoms with van der Waals surface area (Å²) in [4.78, 5) is 24.8. The lowest BCUT2D eigenvalue weighted by Crippen LogP contribution is -3.08. The van der Waals surface area contributed by atoms with Crippen molar-refractivity contribution >= 4 is 17.5 Å². The number of carbonyl (C=O) groups excluding carboxylic acids is 2. The minimum absolute atomic E-state index is 0.0104. The molecule has 0 aliphatic heterocycles. The van der Waals surface area contributed by atoms with E-state index in [4.69, 9.17) is 0 Å². The average molecular weight is 340 g/mol. The van der Waals surface area contributed by atoms with Gasteiger partial charge in [0.25, 0.3) is 11.8 Å². The first-order chi connectivity index (χ1) is 12.0. The van der Waals surface area contributed by atoms with Gasteiger partial charge in [0.05, 0.1) is 7.05 Å². The molecule has 3 N–H and O–H groups in total. The summed E-state index contributed by atoms with van der Waals surface area (Å²) >= 11 is 0. The first kappa shape index (κ1) is 18.7. The highest BCUT2D eigenvalue weighted by atomic mass is 16.2. The summed E-state index contributed by atoms with van der Waals surface area (Å²) in [5, 5.41) is 5.53. The van der Waals surface area contributed by atoms with Crippen LogP contribution in [0, 0.1) is 0 Å². The second-order valence-corrected chi connectivity index (χ2v) is 6.19. The Bertz CT molecular complexity index is 709. The third-order valence-electron chi connectivity index (χ3n) is 4.06. The maximum Gasteiger partial charge on any atom is 0.279 e. The van der Waals surface area contributed by atoms with Gasteiger partial charge >= 0.3 is 0 Å². The Hall–Kier alpha value is -2.66. The number of likely N-dealkylation sites (N-methyl/N-ethyl adjacent to an activating group) is 1. The molecule has 132 valence electrons. The maximum absolute atomic E-state index is 12.2. The molecule has 0 saturated carbocycles. The van der Waals surface area contributed by atoms with Crippen LogP contribution in [-0.2, 0) is 17.8 Å². The van der Waals surface area contributed by atoms with Crippen molar-refractivity contribution in [3.8, 4) is 0 Å². The van der Waals surface area contributed by atoms with Crippen LogP contribution >= 0.6 is 0 Å². The van der Waals surface area contributed by atoms with E-state index in [1.165, 1.54) is 5.56 Å². The summed E-state index contributed by atoms with van der Waals surface area (Å²) in [5.41, 5.74) is 3.80. The molecule has 0 bridgehead atoms. The number of aryl methyl sites for hydroxylation is 1. The summed E-state index contributed by atoms with van der Waals surface area (Å²) < 4.78 is 0. The van der Waals surface area contributed by atoms with Gasteiger partial charge in [-0.05, 0) is 36.2 Å². The quantitative estimate of drug-likeness (QED) is 0.711. The SMILES string of the molecule is CCc1ccc(NC(=O)C[NH+](C)Cc2ccc(C(=O)NC)cc2)cc1. The summed E-state index contributed by atoms with van der Waals surface area (Å²) in [7, 11) is 3.59. The first-order valence-corrected chi connectivity index (χ1v) is 8.53. The highest BCUT2D eigenvalue weighted by molar-refractivity contribution is 5.94. The molecule has 5 heteroatoms. The van der Waals surface area contributed by atoms with E-state index in [1.54, 1.807) is 19.2 Å². The average Bonchev–Trinajstić information content (AvgIpc) is 2.62. The van der Waals surface area contributed by atoms with Crippen LogP contribution in [0.3, 0.4) is 0 Å². The number of nitrogens with one attached hydrogen (secondary N) is 3. The lowest BCUT2D eigenvalue weighted by molar-refractivity contribution is -0.885. The molecule has 1 unspecified atom stereocenters. The molecule has 0 aromatic heterocycles. The molecule has 0 fully saturated rings. The lowest BCUT2D eigenvalue weighted by atomic mass is 10.1. The fourth-order valence-electron chi connectivity index (χ4n) is 2.63. The van der Waals surface area contributed by atoms with Gasteiger partial charge in [-0.3, -0.25) is 9.59 Å². The molecule has 1 atom stereocenters. The Morgan fingerprint density at radius 3 is 2.12 bits per heavy atom. The van der Waals surface area contributed by atoms with Crippen molar-refractivity contribution in [2.45, 2.75) is 19.9 Å². The fraction of sp³-hybridized carbons (Fsp3) is 0.300. The van der Waals surface area contributed by atoms with E-state index in [1.807, 2.05) is 43.4 Å². The predicted molar refractivity (Wildman–Crippen MR) is 99.7 cm³/mol. The molecular formula is C20H26N3O2+. The van der Waals surface area contributed by atoms with Gasteiger partial charge in [0.2, 0.25) is 0 Å². The van der Waals surface area contributed by atoms with E-state index in [2.05, 4.69) is 17.6 Å². The maximum atomic E-state index is 12.2. The monoisotopic (exact) mass is 340 g/mol. The number of quaternary nitrogens is 1. The zero-order chi connectivity index (χ0) is 18.2. The minimum atomic E-state index is -0.0966. The molecular weight excluding hydrogens is 314 g/mol. The van der Waals surface area contributed by atoms with Crippen molar-refractivity contribution in [1.29, 1.82) is 0 Å². The Balaban J connectivity index is 1.85. The molecule has 0 saturated heterocycles. The summed E-state index contributed by atoms with van der Waals surface area (Å²) in [5.74, 6) is -0.107. The van der Waals surface area contributed by atoms with Crippen LogP contribution in [0.5, 0.6) is 0 Å². The van der Waals surface area contributed by atoms with Crippen molar-refractivity contribution in [3.05, 3.63) is 65.2 Å². The molecule has 0 aliphatic rings. The van der Waals surface area contributed by atoms with Gasteiger partial charge in [-0.15, -0.1) is 0 Å². The molecule has 2 aromatic carbocycles. The minimum Gasteiger partial charge on any atom is -0.355 e. The van der Waals surface area contributed by atoms with E-state index in [0.29, 0.717) is 12.1 Å². The third kappa shape index (κ3) is 5.72. The number of benzene rings is 2. The van der Waals surface area contributed by atoms with Crippen molar-refractivity contribution < 1.29 is 14.5 Å². The van der Waals surface area contributed by atoms with Crippen LogP contribution in [0.2, 0.25) is 0 Å². The largest absolute Gasteiger partial charge is 0.355 e. The van der Waals surface area contributed by atoms with Gasteiger partial charge in [-0.25, -0.2) is 0 Å². The van der Waals surface area contributed by atoms with E-state index in [9.17, 15) is 9.59 Å². The number of hydrogen-bond donors (Lipinski definition) is 3. The molecule has 0 heterocycles. The zero-order valence-corrected chi connectivity index (χ0v) is 15.1. The Morgan fingerprint density at radius 2 is 1.56 bits per heavy atom. The standard InChI is InChI=1S/C20H25N3O2/c1-4-15-7-11-18(12-8-15)22-19(24)14-23(3)13-16-5-9-17(10-6-16)20(25)21-2/h5-12H,4,13-14H2,1-3H3,(H,21,25)(H,22,24)/p+1. The van der Waals surface area contributed by atoms with Crippen LogP contribution in [-0.4, -0.2) is 32.5 Å². The smallest absolute Gasteiger partial charge is 0.279 e. The number of rotatable bonds is 7. The number of carbonyl (C=O) groups is 2. The Morgan fingerprint density at radius 1 is 0.960 bits per heavy atom. The third-order valence-corrected chi connectivity index (χ3v) is 4.06. The van der Waals surface area contributed by atoms with Crippen molar-refractivity contribution in [1.82, 2.24) is 5.32 Å². The molecule has 2 aromatic rings. The molecule has 0 radical (unpaired) electrons. The van der Waals surface area contributed by atoms with Crippen molar-refractivity contribution in [2.24, 2.45) is 0 Å². The van der Waals surface area contributed by atoms with Crippen molar-refractivity contribution in [3.63, 3.8) is 0 Å². The van der Waals surface area contributed by atoms with E-state index >= 15 is 0 Å². The summed E-state index contributed by atoms with van der Waals surface area (Å²) in [6.07, 6.45) is 0.986. The van der Waals surface area contributed by atoms with E-state index < -0.39 is 0 Å². The Kier molecular flexibility index (Phi) is 6.71. The van der Waals surface area contributed by atoms with Gasteiger partial charge < -0.3 is 15.5 Å². The van der Waals surface area contributed by atoms with Gasteiger partial charge in [0, 0.05) is 23.9 Å². The first-order valence-electron chi connectivity index (χ1n) is 8.53. The highest BCUT2D eigenvalue weighted by Crippen LogP contribution is 2.09. The fourth-order valence-corrected chi connectivity index (χ4v) is 2.63. The van der Waals surface area contributed by atoms with Gasteiger partial charge in [-0.2, -0.15) is 0 Å². The van der Waals surface area contributed by atoms with Crippen LogP contribution in [0.4, 0.5) is 5.69 Å². The molecule has 0 spiro atoms. The number of anilines is 1. The van der Waals surface area contributed by atoms with Crippen LogP contribution in [0.25, 0.3) is 0 Å². The second kappa shape index (κ2) is 8.99. The molecule has 0 aliphatic carbocycles. The predicted octanol–water partition coefficient (Wildman–Crippen LogP) is 1.26. The zero-order valence-electron chi connectivity index (χ0n) is 15.1.